The summed E-state index contributed by atoms with van der Waals surface area (Å²) in [5, 5.41) is 0. The van der Waals surface area contributed by atoms with Crippen molar-refractivity contribution in [3.05, 3.63) is 11.6 Å². The Morgan fingerprint density at radius 2 is 1.88 bits per heavy atom. The molecule has 2 nitrogen and oxygen atoms in total. The lowest BCUT2D eigenvalue weighted by Gasteiger charge is -2.47. The average Bonchev–Trinajstić information content (AvgIpc) is 2.70. The maximum Gasteiger partial charge on any atom is 0.184 e. The molecule has 0 aromatic heterocycles. The van der Waals surface area contributed by atoms with Gasteiger partial charge < -0.3 is 4.43 Å². The Labute approximate surface area is 156 Å². The molecule has 0 spiro atoms. The van der Waals surface area contributed by atoms with Gasteiger partial charge >= 0.3 is 0 Å². The summed E-state index contributed by atoms with van der Waals surface area (Å²) in [6.07, 6.45) is 9.89. The lowest BCUT2D eigenvalue weighted by Crippen LogP contribution is -2.45. The molecule has 25 heavy (non-hydrogen) atoms. The van der Waals surface area contributed by atoms with Crippen LogP contribution in [0.1, 0.15) is 79.6 Å². The van der Waals surface area contributed by atoms with Gasteiger partial charge in [0.2, 0.25) is 0 Å². The molecule has 0 heterocycles. The van der Waals surface area contributed by atoms with Crippen molar-refractivity contribution in [2.75, 3.05) is 0 Å². The number of carbonyl (C=O) groups excluding carboxylic acids is 1. The second-order valence-corrected chi connectivity index (χ2v) is 15.0. The molecular formula is C22H40O2Si. The average molecular weight is 365 g/mol. The monoisotopic (exact) mass is 364 g/mol. The quantitative estimate of drug-likeness (QED) is 0.380. The molecule has 2 aliphatic rings. The third kappa shape index (κ3) is 4.30. The highest BCUT2D eigenvalue weighted by atomic mass is 28.4. The van der Waals surface area contributed by atoms with Crippen molar-refractivity contribution in [1.29, 1.82) is 0 Å². The van der Waals surface area contributed by atoms with E-state index in [-0.39, 0.29) is 16.4 Å². The van der Waals surface area contributed by atoms with Crippen LogP contribution in [-0.2, 0) is 9.22 Å². The van der Waals surface area contributed by atoms with E-state index >= 15 is 0 Å². The Hall–Kier alpha value is -0.413. The summed E-state index contributed by atoms with van der Waals surface area (Å²) in [7, 11) is -1.50. The van der Waals surface area contributed by atoms with Crippen LogP contribution in [0.25, 0.3) is 0 Å². The van der Waals surface area contributed by atoms with E-state index in [0.29, 0.717) is 11.7 Å². The van der Waals surface area contributed by atoms with Crippen molar-refractivity contribution in [3.63, 3.8) is 0 Å². The third-order valence-electron chi connectivity index (χ3n) is 6.81. The van der Waals surface area contributed by atoms with Crippen LogP contribution >= 0.6 is 0 Å². The highest BCUT2D eigenvalue weighted by molar-refractivity contribution is 6.69. The molecule has 3 atom stereocenters. The third-order valence-corrected chi connectivity index (χ3v) is 7.98. The van der Waals surface area contributed by atoms with Crippen LogP contribution in [0.5, 0.6) is 0 Å². The van der Waals surface area contributed by atoms with Crippen LogP contribution in [0, 0.1) is 16.7 Å². The molecule has 2 aliphatic carbocycles. The van der Waals surface area contributed by atoms with Crippen LogP contribution in [0.4, 0.5) is 0 Å². The molecule has 0 bridgehead atoms. The van der Waals surface area contributed by atoms with Gasteiger partial charge in [-0.05, 0) is 71.5 Å². The summed E-state index contributed by atoms with van der Waals surface area (Å²) in [5.74, 6) is 1.06. The Morgan fingerprint density at radius 1 is 1.24 bits per heavy atom. The first-order valence-corrected chi connectivity index (χ1v) is 13.7. The minimum absolute atomic E-state index is 0.0204. The van der Waals surface area contributed by atoms with Gasteiger partial charge in [-0.2, -0.15) is 0 Å². The number of hydrogen-bond acceptors (Lipinski definition) is 2. The maximum absolute atomic E-state index is 12.6. The zero-order chi connectivity index (χ0) is 19.1. The summed E-state index contributed by atoms with van der Waals surface area (Å²) in [6, 6.07) is 0. The first-order valence-electron chi connectivity index (χ1n) is 10.2. The van der Waals surface area contributed by atoms with E-state index in [9.17, 15) is 4.79 Å². The van der Waals surface area contributed by atoms with Gasteiger partial charge in [-0.1, -0.05) is 38.8 Å². The fraction of sp³-hybridized carbons (Fsp3) is 0.864. The van der Waals surface area contributed by atoms with Crippen molar-refractivity contribution in [2.45, 2.75) is 105 Å². The summed E-state index contributed by atoms with van der Waals surface area (Å²) in [4.78, 5) is 12.6. The van der Waals surface area contributed by atoms with Gasteiger partial charge in [0.1, 0.15) is 5.78 Å². The van der Waals surface area contributed by atoms with E-state index in [0.717, 1.165) is 25.7 Å². The Balaban J connectivity index is 1.96. The molecular weight excluding hydrogens is 324 g/mol. The molecule has 0 radical (unpaired) electrons. The van der Waals surface area contributed by atoms with Crippen molar-refractivity contribution in [3.8, 4) is 0 Å². The summed E-state index contributed by atoms with van der Waals surface area (Å²) < 4.78 is 6.35. The van der Waals surface area contributed by atoms with E-state index in [4.69, 9.17) is 4.43 Å². The van der Waals surface area contributed by atoms with Crippen LogP contribution < -0.4 is 0 Å². The minimum atomic E-state index is -1.50. The zero-order valence-electron chi connectivity index (χ0n) is 17.9. The molecule has 3 heteroatoms. The van der Waals surface area contributed by atoms with Crippen LogP contribution in [-0.4, -0.2) is 19.7 Å². The smallest absolute Gasteiger partial charge is 0.184 e. The Kier molecular flexibility index (Phi) is 5.81. The first kappa shape index (κ1) is 20.9. The zero-order valence-corrected chi connectivity index (χ0v) is 18.9. The summed E-state index contributed by atoms with van der Waals surface area (Å²) >= 11 is 0. The van der Waals surface area contributed by atoms with Crippen LogP contribution in [0.15, 0.2) is 11.6 Å². The molecule has 2 rings (SSSR count). The highest BCUT2D eigenvalue weighted by Gasteiger charge is 2.56. The summed E-state index contributed by atoms with van der Waals surface area (Å²) in [5.41, 5.74) is 1.49. The van der Waals surface area contributed by atoms with E-state index < -0.39 is 8.32 Å². The maximum atomic E-state index is 12.6. The number of rotatable bonds is 7. The van der Waals surface area contributed by atoms with Gasteiger partial charge in [0.25, 0.3) is 0 Å². The number of carbonyl (C=O) groups is 1. The van der Waals surface area contributed by atoms with Gasteiger partial charge in [0, 0.05) is 17.3 Å². The van der Waals surface area contributed by atoms with Gasteiger partial charge in [0.15, 0.2) is 8.32 Å². The lowest BCUT2D eigenvalue weighted by atomic mass is 9.55. The molecule has 0 aromatic carbocycles. The van der Waals surface area contributed by atoms with E-state index in [1.165, 1.54) is 19.3 Å². The van der Waals surface area contributed by atoms with Crippen molar-refractivity contribution in [1.82, 2.24) is 0 Å². The van der Waals surface area contributed by atoms with E-state index in [1.807, 2.05) is 0 Å². The first-order chi connectivity index (χ1) is 11.3. The van der Waals surface area contributed by atoms with Crippen LogP contribution in [0.3, 0.4) is 0 Å². The van der Waals surface area contributed by atoms with Crippen LogP contribution in [0.2, 0.25) is 19.6 Å². The highest BCUT2D eigenvalue weighted by Crippen LogP contribution is 2.61. The number of Topliss-reactive ketones (excluding diaryl/α,β-unsaturated/α-hetero) is 1. The number of fused-ring (bicyclic) bond motifs is 1. The SMILES string of the molecule is C[C@H](CCCC(C)(C)O[Si](C)(C)C)C1=CC[C@@]2(C)C(=O)CCC[C@]12C. The van der Waals surface area contributed by atoms with Gasteiger partial charge in [-0.25, -0.2) is 0 Å². The van der Waals surface area contributed by atoms with Crippen molar-refractivity contribution >= 4 is 14.1 Å². The number of hydrogen-bond donors (Lipinski definition) is 0. The summed E-state index contributed by atoms with van der Waals surface area (Å²) in [6.45, 7) is 18.2. The second kappa shape index (κ2) is 6.96. The van der Waals surface area contributed by atoms with Gasteiger partial charge in [0.05, 0.1) is 5.60 Å². The largest absolute Gasteiger partial charge is 0.413 e. The predicted molar refractivity (Wildman–Crippen MR) is 109 cm³/mol. The standard InChI is InChI=1S/C22H40O2Si/c1-17(11-9-14-20(2,3)24-25(6,7)8)18-13-16-22(5)19(23)12-10-15-21(18,22)4/h13,17H,9-12,14-16H2,1-8H3/t17-,21-,22+/m1/s1. The fourth-order valence-electron chi connectivity index (χ4n) is 5.42. The molecule has 0 aromatic rings. The number of ketones is 1. The molecule has 0 unspecified atom stereocenters. The fourth-order valence-corrected chi connectivity index (χ4v) is 7.18. The molecule has 0 aliphatic heterocycles. The lowest BCUT2D eigenvalue weighted by molar-refractivity contribution is -0.136. The van der Waals surface area contributed by atoms with Gasteiger partial charge in [-0.15, -0.1) is 0 Å². The molecule has 0 amide bonds. The molecule has 0 N–H and O–H groups in total. The second-order valence-electron chi connectivity index (χ2n) is 10.6. The van der Waals surface area contributed by atoms with Crippen molar-refractivity contribution < 1.29 is 9.22 Å². The molecule has 1 fully saturated rings. The molecule has 0 saturated heterocycles. The van der Waals surface area contributed by atoms with Crippen molar-refractivity contribution in [2.24, 2.45) is 16.7 Å². The Morgan fingerprint density at radius 3 is 2.48 bits per heavy atom. The molecule has 1 saturated carbocycles. The number of allylic oxidation sites excluding steroid dienone is 2. The predicted octanol–water partition coefficient (Wildman–Crippen LogP) is 6.52. The Bertz CT molecular complexity index is 543. The minimum Gasteiger partial charge on any atom is -0.413 e. The van der Waals surface area contributed by atoms with E-state index in [2.05, 4.69) is 60.3 Å². The topological polar surface area (TPSA) is 26.3 Å². The van der Waals surface area contributed by atoms with E-state index in [1.54, 1.807) is 5.57 Å². The normalized spacial score (nSPS) is 31.7. The molecule has 144 valence electrons. The van der Waals surface area contributed by atoms with Gasteiger partial charge in [-0.3, -0.25) is 4.79 Å².